The topological polar surface area (TPSA) is 109 Å². The number of imide groups is 2. The second-order valence-corrected chi connectivity index (χ2v) is 7.78. The normalized spacial score (nSPS) is 16.5. The number of barbiturate groups is 1. The lowest BCUT2D eigenvalue weighted by atomic mass is 10.0. The highest BCUT2D eigenvalue weighted by atomic mass is 16.4. The van der Waals surface area contributed by atoms with Crippen LogP contribution in [0.5, 0.6) is 0 Å². The summed E-state index contributed by atoms with van der Waals surface area (Å²) >= 11 is 0. The summed E-state index contributed by atoms with van der Waals surface area (Å²) in [7, 11) is 0. The highest BCUT2D eigenvalue weighted by Crippen LogP contribution is 2.26. The van der Waals surface area contributed by atoms with Crippen LogP contribution in [-0.2, 0) is 14.4 Å². The molecule has 2 aromatic carbocycles. The van der Waals surface area contributed by atoms with Crippen LogP contribution in [0.15, 0.2) is 54.2 Å². The van der Waals surface area contributed by atoms with Crippen LogP contribution >= 0.6 is 0 Å². The van der Waals surface area contributed by atoms with Gasteiger partial charge >= 0.3 is 12.0 Å². The van der Waals surface area contributed by atoms with E-state index in [1.165, 1.54) is 6.08 Å². The number of rotatable bonds is 4. The fourth-order valence-electron chi connectivity index (χ4n) is 3.65. The van der Waals surface area contributed by atoms with Crippen LogP contribution in [0.25, 0.3) is 17.0 Å². The van der Waals surface area contributed by atoms with Crippen LogP contribution in [-0.4, -0.2) is 33.5 Å². The fraction of sp³-hybridized carbons (Fsp3) is 0.167. The van der Waals surface area contributed by atoms with E-state index in [2.05, 4.69) is 5.32 Å². The van der Waals surface area contributed by atoms with E-state index in [0.29, 0.717) is 16.8 Å². The lowest BCUT2D eigenvalue weighted by Gasteiger charge is -2.26. The van der Waals surface area contributed by atoms with Crippen LogP contribution in [0.2, 0.25) is 0 Å². The van der Waals surface area contributed by atoms with Crippen molar-refractivity contribution in [1.82, 2.24) is 9.88 Å². The van der Waals surface area contributed by atoms with Gasteiger partial charge in [-0.2, -0.15) is 0 Å². The zero-order valence-corrected chi connectivity index (χ0v) is 17.7. The number of carboxylic acid groups (broad SMARTS) is 1. The van der Waals surface area contributed by atoms with Crippen LogP contribution in [0.3, 0.4) is 0 Å². The number of benzene rings is 2. The number of carboxylic acids is 1. The smallest absolute Gasteiger partial charge is 0.335 e. The first kappa shape index (κ1) is 21.0. The van der Waals surface area contributed by atoms with Gasteiger partial charge in [0.05, 0.1) is 5.69 Å². The van der Waals surface area contributed by atoms with E-state index in [0.717, 1.165) is 21.4 Å². The Hall–Kier alpha value is -4.20. The molecule has 32 heavy (non-hydrogen) atoms. The number of aryl methyl sites for hydroxylation is 2. The molecule has 0 unspecified atom stereocenters. The molecule has 162 valence electrons. The van der Waals surface area contributed by atoms with Gasteiger partial charge in [-0.3, -0.25) is 14.9 Å². The van der Waals surface area contributed by atoms with Crippen molar-refractivity contribution in [2.45, 2.75) is 26.8 Å². The maximum atomic E-state index is 13.1. The Morgan fingerprint density at radius 2 is 1.78 bits per heavy atom. The summed E-state index contributed by atoms with van der Waals surface area (Å²) in [6.45, 7) is 5.38. The van der Waals surface area contributed by atoms with E-state index in [1.54, 1.807) is 54.1 Å². The van der Waals surface area contributed by atoms with Crippen molar-refractivity contribution < 1.29 is 24.3 Å². The van der Waals surface area contributed by atoms with Crippen molar-refractivity contribution in [3.63, 3.8) is 0 Å². The summed E-state index contributed by atoms with van der Waals surface area (Å²) in [6, 6.07) is 10.6. The minimum atomic E-state index is -0.950. The zero-order chi connectivity index (χ0) is 23.2. The summed E-state index contributed by atoms with van der Waals surface area (Å²) in [6.07, 6.45) is 3.11. The van der Waals surface area contributed by atoms with Gasteiger partial charge in [-0.05, 0) is 73.9 Å². The molecule has 1 aliphatic rings. The number of carbonyl (C=O) groups excluding carboxylic acids is 3. The van der Waals surface area contributed by atoms with Gasteiger partial charge < -0.3 is 9.67 Å². The molecule has 0 aliphatic carbocycles. The molecular weight excluding hydrogens is 410 g/mol. The van der Waals surface area contributed by atoms with Gasteiger partial charge in [0.15, 0.2) is 0 Å². The highest BCUT2D eigenvalue weighted by Gasteiger charge is 2.36. The average molecular weight is 431 g/mol. The lowest BCUT2D eigenvalue weighted by molar-refractivity contribution is -0.140. The first-order valence-electron chi connectivity index (χ1n) is 9.99. The monoisotopic (exact) mass is 431 g/mol. The Morgan fingerprint density at radius 3 is 2.47 bits per heavy atom. The molecule has 0 spiro atoms. The Balaban J connectivity index is 1.72. The van der Waals surface area contributed by atoms with Gasteiger partial charge in [0, 0.05) is 17.1 Å². The van der Waals surface area contributed by atoms with Crippen molar-refractivity contribution >= 4 is 46.5 Å². The van der Waals surface area contributed by atoms with E-state index in [1.807, 2.05) is 19.9 Å². The van der Waals surface area contributed by atoms with Crippen molar-refractivity contribution in [3.8, 4) is 0 Å². The van der Waals surface area contributed by atoms with Gasteiger partial charge in [-0.25, -0.2) is 14.5 Å². The van der Waals surface area contributed by atoms with E-state index in [4.69, 9.17) is 0 Å². The summed E-state index contributed by atoms with van der Waals surface area (Å²) in [4.78, 5) is 50.2. The van der Waals surface area contributed by atoms with Gasteiger partial charge in [0.25, 0.3) is 11.8 Å². The van der Waals surface area contributed by atoms with Gasteiger partial charge in [-0.15, -0.1) is 0 Å². The van der Waals surface area contributed by atoms with E-state index in [-0.39, 0.29) is 5.57 Å². The average Bonchev–Trinajstić information content (AvgIpc) is 3.16. The third-order valence-corrected chi connectivity index (χ3v) is 5.68. The Bertz CT molecular complexity index is 1330. The quantitative estimate of drug-likeness (QED) is 0.485. The second kappa shape index (κ2) is 7.81. The summed E-state index contributed by atoms with van der Waals surface area (Å²) in [5, 5.41) is 12.3. The number of nitrogens with one attached hydrogen (secondary N) is 1. The number of hydrogen-bond donors (Lipinski definition) is 2. The molecule has 2 N–H and O–H groups in total. The van der Waals surface area contributed by atoms with Crippen molar-refractivity contribution in [2.75, 3.05) is 4.90 Å². The number of nitrogens with zero attached hydrogens (tertiary/aromatic N) is 2. The molecule has 8 nitrogen and oxygen atoms in total. The first-order chi connectivity index (χ1) is 15.2. The molecule has 4 amide bonds. The number of hydrogen-bond acceptors (Lipinski definition) is 4. The molecule has 1 fully saturated rings. The number of anilines is 1. The lowest BCUT2D eigenvalue weighted by Crippen LogP contribution is -2.54. The summed E-state index contributed by atoms with van der Waals surface area (Å²) < 4.78 is 1.63. The number of aromatic nitrogens is 1. The number of carbonyl (C=O) groups is 4. The Kier molecular flexibility index (Phi) is 5.14. The molecule has 0 saturated carbocycles. The number of aliphatic carboxylic acids is 1. The standard InChI is InChI=1S/C24H21N3O5/c1-13-4-6-18(10-14(13)2)27-22(29)19(21(28)25-24(27)32)12-16-5-7-20-17(11-16)8-9-26(20)15(3)23(30)31/h4-12,15H,1-3H3,(H,30,31)(H,25,28,32)/b19-12+/t15-/m0/s1. The number of fused-ring (bicyclic) bond motifs is 1. The van der Waals surface area contributed by atoms with Crippen molar-refractivity contribution in [1.29, 1.82) is 0 Å². The van der Waals surface area contributed by atoms with Crippen LogP contribution in [0.4, 0.5) is 10.5 Å². The van der Waals surface area contributed by atoms with Crippen LogP contribution in [0, 0.1) is 13.8 Å². The molecule has 4 rings (SSSR count). The molecule has 0 radical (unpaired) electrons. The third kappa shape index (κ3) is 3.56. The predicted molar refractivity (Wildman–Crippen MR) is 119 cm³/mol. The summed E-state index contributed by atoms with van der Waals surface area (Å²) in [5.74, 6) is -2.43. The fourth-order valence-corrected chi connectivity index (χ4v) is 3.65. The van der Waals surface area contributed by atoms with Crippen molar-refractivity contribution in [2.24, 2.45) is 0 Å². The molecule has 1 aromatic heterocycles. The molecular formula is C24H21N3O5. The van der Waals surface area contributed by atoms with Gasteiger partial charge in [0.1, 0.15) is 11.6 Å². The molecule has 1 atom stereocenters. The van der Waals surface area contributed by atoms with Crippen LogP contribution in [0.1, 0.15) is 29.7 Å². The number of amides is 4. The molecule has 8 heteroatoms. The third-order valence-electron chi connectivity index (χ3n) is 5.68. The minimum absolute atomic E-state index is 0.166. The second-order valence-electron chi connectivity index (χ2n) is 7.78. The maximum Gasteiger partial charge on any atom is 0.335 e. The van der Waals surface area contributed by atoms with Gasteiger partial charge in [-0.1, -0.05) is 12.1 Å². The first-order valence-corrected chi connectivity index (χ1v) is 9.99. The zero-order valence-electron chi connectivity index (χ0n) is 17.7. The van der Waals surface area contributed by atoms with E-state index < -0.39 is 29.9 Å². The summed E-state index contributed by atoms with van der Waals surface area (Å²) in [5.41, 5.74) is 3.43. The van der Waals surface area contributed by atoms with E-state index in [9.17, 15) is 24.3 Å². The predicted octanol–water partition coefficient (Wildman–Crippen LogP) is 3.57. The number of urea groups is 1. The Labute approximate surface area is 183 Å². The molecule has 0 bridgehead atoms. The minimum Gasteiger partial charge on any atom is -0.480 e. The van der Waals surface area contributed by atoms with Gasteiger partial charge in [0.2, 0.25) is 0 Å². The molecule has 1 aliphatic heterocycles. The molecule has 1 saturated heterocycles. The Morgan fingerprint density at radius 1 is 1.03 bits per heavy atom. The largest absolute Gasteiger partial charge is 0.480 e. The molecule has 3 aromatic rings. The maximum absolute atomic E-state index is 13.1. The van der Waals surface area contributed by atoms with E-state index >= 15 is 0 Å². The van der Waals surface area contributed by atoms with Crippen molar-refractivity contribution in [3.05, 3.63) is 70.9 Å². The highest BCUT2D eigenvalue weighted by molar-refractivity contribution is 6.39. The molecule has 2 heterocycles. The SMILES string of the molecule is Cc1ccc(N2C(=O)NC(=O)/C(=C\c3ccc4c(ccn4[C@@H](C)C(=O)O)c3)C2=O)cc1C. The van der Waals surface area contributed by atoms with Crippen LogP contribution < -0.4 is 10.2 Å².